The van der Waals surface area contributed by atoms with Crippen LogP contribution >= 0.6 is 0 Å². The van der Waals surface area contributed by atoms with Crippen molar-refractivity contribution in [3.05, 3.63) is 17.9 Å². The molecule has 0 radical (unpaired) electrons. The molecule has 1 aromatic rings. The van der Waals surface area contributed by atoms with Gasteiger partial charge in [0, 0.05) is 19.7 Å². The fourth-order valence-corrected chi connectivity index (χ4v) is 3.76. The lowest BCUT2D eigenvalue weighted by molar-refractivity contribution is 0.161. The first kappa shape index (κ1) is 17.2. The molecule has 0 aliphatic rings. The van der Waals surface area contributed by atoms with Crippen molar-refractivity contribution in [1.29, 1.82) is 0 Å². The minimum Gasteiger partial charge on any atom is -0.446 e. The highest BCUT2D eigenvalue weighted by Gasteiger charge is 2.31. The zero-order valence-corrected chi connectivity index (χ0v) is 13.0. The second kappa shape index (κ2) is 7.78. The second-order valence-corrected chi connectivity index (χ2v) is 6.28. The van der Waals surface area contributed by atoms with Crippen molar-refractivity contribution in [1.82, 2.24) is 4.31 Å². The maximum atomic E-state index is 12.6. The van der Waals surface area contributed by atoms with Crippen molar-refractivity contribution in [2.24, 2.45) is 0 Å². The molecule has 0 atom stereocenters. The number of sulfonamides is 1. The quantitative estimate of drug-likeness (QED) is 0.749. The summed E-state index contributed by atoms with van der Waals surface area (Å²) in [7, 11) is -2.17. The van der Waals surface area contributed by atoms with Crippen LogP contribution in [0.1, 0.15) is 32.4 Å². The lowest BCUT2D eigenvalue weighted by Crippen LogP contribution is -2.41. The molecule has 20 heavy (non-hydrogen) atoms. The fourth-order valence-electron chi connectivity index (χ4n) is 2.07. The smallest absolute Gasteiger partial charge is 0.276 e. The molecular formula is C13H23NO5S. The lowest BCUT2D eigenvalue weighted by Gasteiger charge is -2.28. The van der Waals surface area contributed by atoms with Crippen LogP contribution in [0, 0.1) is 0 Å². The third kappa shape index (κ3) is 3.82. The highest BCUT2D eigenvalue weighted by atomic mass is 32.2. The number of aliphatic hydroxyl groups excluding tert-OH is 1. The molecule has 1 heterocycles. The first-order valence-corrected chi connectivity index (χ1v) is 8.15. The van der Waals surface area contributed by atoms with Crippen LogP contribution in [0.4, 0.5) is 0 Å². The Balaban J connectivity index is 3.08. The zero-order valence-electron chi connectivity index (χ0n) is 12.2. The standard InChI is InChI=1S/C13H23NO5S/c1-4-11(5-2)14(8-9-18-3)20(16,17)13-7-6-12(10-15)19-13/h6-7,11,15H,4-5,8-10H2,1-3H3. The van der Waals surface area contributed by atoms with E-state index >= 15 is 0 Å². The van der Waals surface area contributed by atoms with Crippen LogP contribution in [-0.4, -0.2) is 44.1 Å². The second-order valence-electron chi connectivity index (χ2n) is 4.46. The van der Waals surface area contributed by atoms with Gasteiger partial charge in [0.2, 0.25) is 5.09 Å². The Morgan fingerprint density at radius 2 is 2.00 bits per heavy atom. The van der Waals surface area contributed by atoms with Gasteiger partial charge in [-0.25, -0.2) is 8.42 Å². The first-order valence-electron chi connectivity index (χ1n) is 6.71. The molecule has 0 bridgehead atoms. The van der Waals surface area contributed by atoms with E-state index in [9.17, 15) is 8.42 Å². The molecule has 0 aliphatic carbocycles. The minimum absolute atomic E-state index is 0.0992. The summed E-state index contributed by atoms with van der Waals surface area (Å²) in [4.78, 5) is 0. The lowest BCUT2D eigenvalue weighted by atomic mass is 10.2. The van der Waals surface area contributed by atoms with E-state index in [1.807, 2.05) is 13.8 Å². The van der Waals surface area contributed by atoms with E-state index in [1.54, 1.807) is 0 Å². The Kier molecular flexibility index (Phi) is 6.67. The van der Waals surface area contributed by atoms with Gasteiger partial charge in [-0.1, -0.05) is 13.8 Å². The van der Waals surface area contributed by atoms with Crippen molar-refractivity contribution in [2.45, 2.75) is 44.4 Å². The summed E-state index contributed by atoms with van der Waals surface area (Å²) >= 11 is 0. The predicted octanol–water partition coefficient (Wildman–Crippen LogP) is 1.60. The van der Waals surface area contributed by atoms with Gasteiger partial charge in [0.25, 0.3) is 10.0 Å². The van der Waals surface area contributed by atoms with Crippen LogP contribution in [0.15, 0.2) is 21.6 Å². The predicted molar refractivity (Wildman–Crippen MR) is 74.8 cm³/mol. The summed E-state index contributed by atoms with van der Waals surface area (Å²) in [6, 6.07) is 2.75. The maximum Gasteiger partial charge on any atom is 0.276 e. The normalized spacial score (nSPS) is 12.5. The Bertz CT molecular complexity index is 493. The van der Waals surface area contributed by atoms with Gasteiger partial charge in [-0.15, -0.1) is 0 Å². The minimum atomic E-state index is -3.71. The molecule has 6 nitrogen and oxygen atoms in total. The Hall–Kier alpha value is -0.890. The number of nitrogens with zero attached hydrogens (tertiary/aromatic N) is 1. The third-order valence-electron chi connectivity index (χ3n) is 3.22. The molecule has 0 amide bonds. The van der Waals surface area contributed by atoms with Crippen molar-refractivity contribution in [2.75, 3.05) is 20.3 Å². The Morgan fingerprint density at radius 1 is 1.35 bits per heavy atom. The van der Waals surface area contributed by atoms with Gasteiger partial charge in [0.05, 0.1) is 6.61 Å². The Morgan fingerprint density at radius 3 is 2.45 bits per heavy atom. The number of hydrogen-bond acceptors (Lipinski definition) is 5. The largest absolute Gasteiger partial charge is 0.446 e. The van der Waals surface area contributed by atoms with Gasteiger partial charge in [-0.3, -0.25) is 0 Å². The van der Waals surface area contributed by atoms with E-state index in [1.165, 1.54) is 23.5 Å². The van der Waals surface area contributed by atoms with Crippen LogP contribution < -0.4 is 0 Å². The molecule has 1 rings (SSSR count). The molecular weight excluding hydrogens is 282 g/mol. The molecule has 0 saturated heterocycles. The number of ether oxygens (including phenoxy) is 1. The molecule has 1 N–H and O–H groups in total. The van der Waals surface area contributed by atoms with E-state index in [2.05, 4.69) is 0 Å². The average Bonchev–Trinajstić information content (AvgIpc) is 2.93. The maximum absolute atomic E-state index is 12.6. The summed E-state index contributed by atoms with van der Waals surface area (Å²) in [6.07, 6.45) is 1.43. The third-order valence-corrected chi connectivity index (χ3v) is 5.05. The SMILES string of the molecule is CCC(CC)N(CCOC)S(=O)(=O)c1ccc(CO)o1. The number of methoxy groups -OCH3 is 1. The molecule has 0 fully saturated rings. The summed E-state index contributed by atoms with van der Waals surface area (Å²) in [6.45, 7) is 4.18. The summed E-state index contributed by atoms with van der Waals surface area (Å²) in [5, 5.41) is 8.84. The molecule has 0 unspecified atom stereocenters. The highest BCUT2D eigenvalue weighted by molar-refractivity contribution is 7.89. The average molecular weight is 305 g/mol. The summed E-state index contributed by atoms with van der Waals surface area (Å²) in [5.74, 6) is 0.236. The number of furan rings is 1. The van der Waals surface area contributed by atoms with Crippen molar-refractivity contribution >= 4 is 10.0 Å². The van der Waals surface area contributed by atoms with Gasteiger partial charge >= 0.3 is 0 Å². The monoisotopic (exact) mass is 305 g/mol. The number of aliphatic hydroxyl groups is 1. The summed E-state index contributed by atoms with van der Waals surface area (Å²) in [5.41, 5.74) is 0. The van der Waals surface area contributed by atoms with Gasteiger partial charge in [0.1, 0.15) is 12.4 Å². The molecule has 7 heteroatoms. The van der Waals surface area contributed by atoms with Crippen LogP contribution in [0.5, 0.6) is 0 Å². The van der Waals surface area contributed by atoms with Gasteiger partial charge < -0.3 is 14.3 Å². The number of rotatable bonds is 9. The topological polar surface area (TPSA) is 80.0 Å². The molecule has 0 aliphatic heterocycles. The first-order chi connectivity index (χ1) is 9.51. The molecule has 0 aromatic carbocycles. The molecule has 1 aromatic heterocycles. The van der Waals surface area contributed by atoms with E-state index in [4.69, 9.17) is 14.3 Å². The van der Waals surface area contributed by atoms with Crippen LogP contribution in [-0.2, 0) is 21.4 Å². The van der Waals surface area contributed by atoms with Crippen LogP contribution in [0.2, 0.25) is 0 Å². The molecule has 0 saturated carbocycles. The fraction of sp³-hybridized carbons (Fsp3) is 0.692. The van der Waals surface area contributed by atoms with Crippen LogP contribution in [0.25, 0.3) is 0 Å². The Labute approximate surface area is 120 Å². The molecule has 0 spiro atoms. The van der Waals surface area contributed by atoms with Crippen molar-refractivity contribution in [3.8, 4) is 0 Å². The summed E-state index contributed by atoms with van der Waals surface area (Å²) < 4.78 is 36.8. The van der Waals surface area contributed by atoms with Crippen molar-refractivity contribution < 1.29 is 22.7 Å². The number of hydrogen-bond donors (Lipinski definition) is 1. The van der Waals surface area contributed by atoms with E-state index < -0.39 is 10.0 Å². The van der Waals surface area contributed by atoms with E-state index in [0.29, 0.717) is 19.4 Å². The van der Waals surface area contributed by atoms with E-state index in [0.717, 1.165) is 0 Å². The van der Waals surface area contributed by atoms with Crippen LogP contribution in [0.3, 0.4) is 0 Å². The van der Waals surface area contributed by atoms with E-state index in [-0.39, 0.29) is 30.0 Å². The molecule has 116 valence electrons. The van der Waals surface area contributed by atoms with Gasteiger partial charge in [-0.2, -0.15) is 4.31 Å². The van der Waals surface area contributed by atoms with Gasteiger partial charge in [0.15, 0.2) is 0 Å². The zero-order chi connectivity index (χ0) is 15.2. The highest BCUT2D eigenvalue weighted by Crippen LogP contribution is 2.23. The van der Waals surface area contributed by atoms with Crippen molar-refractivity contribution in [3.63, 3.8) is 0 Å². The van der Waals surface area contributed by atoms with Gasteiger partial charge in [-0.05, 0) is 25.0 Å².